The van der Waals surface area contributed by atoms with E-state index in [0.717, 1.165) is 0 Å². The molecule has 0 saturated carbocycles. The van der Waals surface area contributed by atoms with E-state index in [1.807, 2.05) is 14.0 Å². The number of hydrogen-bond donors (Lipinski definition) is 2. The van der Waals surface area contributed by atoms with Crippen LogP contribution in [0.4, 0.5) is 5.69 Å². The Morgan fingerprint density at radius 3 is 3.00 bits per heavy atom. The summed E-state index contributed by atoms with van der Waals surface area (Å²) in [6, 6.07) is 3.59. The quantitative estimate of drug-likeness (QED) is 0.819. The molecule has 1 aromatic rings. The van der Waals surface area contributed by atoms with E-state index in [1.54, 1.807) is 18.3 Å². The van der Waals surface area contributed by atoms with E-state index in [4.69, 9.17) is 0 Å². The van der Waals surface area contributed by atoms with Crippen LogP contribution in [0.1, 0.15) is 6.92 Å². The van der Waals surface area contributed by atoms with Gasteiger partial charge in [-0.15, -0.1) is 0 Å². The molecule has 1 amide bonds. The molecule has 0 aliphatic carbocycles. The summed E-state index contributed by atoms with van der Waals surface area (Å²) in [7, 11) is 1.82. The van der Waals surface area contributed by atoms with Gasteiger partial charge in [-0.3, -0.25) is 4.79 Å². The lowest BCUT2D eigenvalue weighted by atomic mass is 10.1. The normalized spacial score (nSPS) is 12.2. The number of anilines is 1. The highest BCUT2D eigenvalue weighted by atomic mass is 79.9. The number of hydrogen-bond acceptors (Lipinski definition) is 3. The molecular formula is C10H14BrN3O. The second kappa shape index (κ2) is 5.82. The van der Waals surface area contributed by atoms with Gasteiger partial charge < -0.3 is 10.6 Å². The number of carbonyl (C=O) groups is 1. The highest BCUT2D eigenvalue weighted by Gasteiger charge is 2.12. The fourth-order valence-electron chi connectivity index (χ4n) is 1.13. The van der Waals surface area contributed by atoms with Crippen molar-refractivity contribution < 1.29 is 4.79 Å². The Labute approximate surface area is 97.6 Å². The Kier molecular flexibility index (Phi) is 4.71. The molecule has 0 radical (unpaired) electrons. The largest absolute Gasteiger partial charge is 0.323 e. The maximum absolute atomic E-state index is 11.7. The number of amides is 1. The predicted molar refractivity (Wildman–Crippen MR) is 63.7 cm³/mol. The highest BCUT2D eigenvalue weighted by Crippen LogP contribution is 2.18. The number of carbonyl (C=O) groups excluding carboxylic acids is 1. The third-order valence-corrected chi connectivity index (χ3v) is 2.61. The zero-order valence-corrected chi connectivity index (χ0v) is 10.3. The summed E-state index contributed by atoms with van der Waals surface area (Å²) in [4.78, 5) is 15.7. The van der Waals surface area contributed by atoms with Crippen LogP contribution in [0.2, 0.25) is 0 Å². The van der Waals surface area contributed by atoms with Crippen LogP contribution < -0.4 is 10.6 Å². The molecule has 2 N–H and O–H groups in total. The van der Waals surface area contributed by atoms with Crippen molar-refractivity contribution in [3.8, 4) is 0 Å². The molecule has 1 aromatic heterocycles. The van der Waals surface area contributed by atoms with Gasteiger partial charge in [0.25, 0.3) is 0 Å². The molecule has 0 saturated heterocycles. The number of nitrogens with zero attached hydrogens (tertiary/aromatic N) is 1. The summed E-state index contributed by atoms with van der Waals surface area (Å²) >= 11 is 3.27. The van der Waals surface area contributed by atoms with Crippen molar-refractivity contribution in [2.24, 2.45) is 5.92 Å². The smallest absolute Gasteiger partial charge is 0.228 e. The lowest BCUT2D eigenvalue weighted by Gasteiger charge is -2.11. The molecule has 5 heteroatoms. The van der Waals surface area contributed by atoms with Crippen molar-refractivity contribution >= 4 is 27.5 Å². The molecule has 1 heterocycles. The Hall–Kier alpha value is -0.940. The molecule has 1 rings (SSSR count). The van der Waals surface area contributed by atoms with E-state index in [9.17, 15) is 4.79 Å². The number of rotatable bonds is 4. The van der Waals surface area contributed by atoms with Gasteiger partial charge in [0.05, 0.1) is 5.69 Å². The van der Waals surface area contributed by atoms with E-state index < -0.39 is 0 Å². The maximum Gasteiger partial charge on any atom is 0.228 e. The summed E-state index contributed by atoms with van der Waals surface area (Å²) in [5.74, 6) is -0.0832. The Morgan fingerprint density at radius 1 is 1.67 bits per heavy atom. The minimum absolute atomic E-state index is 0.0157. The Balaban J connectivity index is 2.62. The average molecular weight is 272 g/mol. The molecule has 0 aromatic carbocycles. The van der Waals surface area contributed by atoms with Crippen LogP contribution in [0.15, 0.2) is 22.9 Å². The van der Waals surface area contributed by atoms with Crippen LogP contribution >= 0.6 is 15.9 Å². The molecule has 0 aliphatic heterocycles. The summed E-state index contributed by atoms with van der Waals surface area (Å²) in [5, 5.41) is 5.77. The lowest BCUT2D eigenvalue weighted by Crippen LogP contribution is -2.28. The number of halogens is 1. The van der Waals surface area contributed by atoms with Crippen molar-refractivity contribution in [1.82, 2.24) is 10.3 Å². The Morgan fingerprint density at radius 2 is 2.40 bits per heavy atom. The number of nitrogens with one attached hydrogen (secondary N) is 2. The fraction of sp³-hybridized carbons (Fsp3) is 0.400. The second-order valence-electron chi connectivity index (χ2n) is 3.29. The second-order valence-corrected chi connectivity index (χ2v) is 4.04. The highest BCUT2D eigenvalue weighted by molar-refractivity contribution is 9.10. The topological polar surface area (TPSA) is 54.0 Å². The first-order valence-electron chi connectivity index (χ1n) is 4.71. The van der Waals surface area contributed by atoms with E-state index in [2.05, 4.69) is 31.5 Å². The van der Waals surface area contributed by atoms with Crippen molar-refractivity contribution in [2.75, 3.05) is 18.9 Å². The third kappa shape index (κ3) is 3.60. The molecule has 82 valence electrons. The van der Waals surface area contributed by atoms with Crippen LogP contribution in [0.25, 0.3) is 0 Å². The van der Waals surface area contributed by atoms with Gasteiger partial charge in [-0.2, -0.15) is 0 Å². The number of aromatic nitrogens is 1. The van der Waals surface area contributed by atoms with E-state index in [-0.39, 0.29) is 11.8 Å². The van der Waals surface area contributed by atoms with E-state index >= 15 is 0 Å². The number of pyridine rings is 1. The van der Waals surface area contributed by atoms with E-state index in [1.165, 1.54) is 0 Å². The van der Waals surface area contributed by atoms with Gasteiger partial charge in [-0.1, -0.05) is 6.92 Å². The van der Waals surface area contributed by atoms with Gasteiger partial charge in [0, 0.05) is 18.7 Å². The standard InChI is InChI=1S/C10H14BrN3O/c1-7(6-12-2)10(15)14-8-4-3-5-13-9(8)11/h3-5,7,12H,6H2,1-2H3,(H,14,15). The van der Waals surface area contributed by atoms with Gasteiger partial charge in [-0.25, -0.2) is 4.98 Å². The molecule has 0 spiro atoms. The minimum Gasteiger partial charge on any atom is -0.323 e. The Bertz CT molecular complexity index is 343. The summed E-state index contributed by atoms with van der Waals surface area (Å²) in [6.45, 7) is 2.53. The van der Waals surface area contributed by atoms with Crippen molar-refractivity contribution in [2.45, 2.75) is 6.92 Å². The molecular weight excluding hydrogens is 258 g/mol. The van der Waals surface area contributed by atoms with Gasteiger partial charge in [-0.05, 0) is 35.1 Å². The van der Waals surface area contributed by atoms with Gasteiger partial charge in [0.1, 0.15) is 4.60 Å². The van der Waals surface area contributed by atoms with Gasteiger partial charge in [0.2, 0.25) is 5.91 Å². The molecule has 4 nitrogen and oxygen atoms in total. The minimum atomic E-state index is -0.0675. The molecule has 0 aliphatic rings. The molecule has 1 atom stereocenters. The fourth-order valence-corrected chi connectivity index (χ4v) is 1.48. The van der Waals surface area contributed by atoms with Crippen LogP contribution in [-0.4, -0.2) is 24.5 Å². The van der Waals surface area contributed by atoms with Crippen LogP contribution in [0.5, 0.6) is 0 Å². The first-order valence-corrected chi connectivity index (χ1v) is 5.50. The van der Waals surface area contributed by atoms with Crippen LogP contribution in [0, 0.1) is 5.92 Å². The molecule has 0 bridgehead atoms. The van der Waals surface area contributed by atoms with Crippen molar-refractivity contribution in [1.29, 1.82) is 0 Å². The zero-order valence-electron chi connectivity index (χ0n) is 8.75. The monoisotopic (exact) mass is 271 g/mol. The first kappa shape index (κ1) is 12.1. The van der Waals surface area contributed by atoms with Crippen LogP contribution in [-0.2, 0) is 4.79 Å². The first-order chi connectivity index (χ1) is 7.15. The molecule has 15 heavy (non-hydrogen) atoms. The summed E-state index contributed by atoms with van der Waals surface area (Å²) < 4.78 is 0.648. The predicted octanol–water partition coefficient (Wildman–Crippen LogP) is 1.64. The van der Waals surface area contributed by atoms with Crippen molar-refractivity contribution in [3.05, 3.63) is 22.9 Å². The summed E-state index contributed by atoms with van der Waals surface area (Å²) in [5.41, 5.74) is 0.699. The maximum atomic E-state index is 11.7. The zero-order chi connectivity index (χ0) is 11.3. The van der Waals surface area contributed by atoms with Crippen LogP contribution in [0.3, 0.4) is 0 Å². The van der Waals surface area contributed by atoms with Gasteiger partial charge >= 0.3 is 0 Å². The van der Waals surface area contributed by atoms with Crippen molar-refractivity contribution in [3.63, 3.8) is 0 Å². The van der Waals surface area contributed by atoms with E-state index in [0.29, 0.717) is 16.8 Å². The SMILES string of the molecule is CNCC(C)C(=O)Nc1cccnc1Br. The molecule has 0 fully saturated rings. The average Bonchev–Trinajstić information content (AvgIpc) is 2.21. The molecule has 1 unspecified atom stereocenters. The third-order valence-electron chi connectivity index (χ3n) is 1.97. The lowest BCUT2D eigenvalue weighted by molar-refractivity contribution is -0.119. The summed E-state index contributed by atoms with van der Waals surface area (Å²) in [6.07, 6.45) is 1.66. The van der Waals surface area contributed by atoms with Gasteiger partial charge in [0.15, 0.2) is 0 Å².